The third-order valence-corrected chi connectivity index (χ3v) is 4.76. The van der Waals surface area contributed by atoms with Gasteiger partial charge < -0.3 is 5.32 Å². The van der Waals surface area contributed by atoms with Crippen LogP contribution in [0.15, 0.2) is 35.7 Å². The van der Waals surface area contributed by atoms with Gasteiger partial charge in [0, 0.05) is 11.1 Å². The standard InChI is InChI=1S/C18H18N4O2S/c1-11-10-25-15(20-11)9-19-18(24)17(23)16-12(2)21-22(13(16)3)14-7-5-4-6-8-14/h4-8,10H,9H2,1-3H3,(H,19,24). The highest BCUT2D eigenvalue weighted by Crippen LogP contribution is 2.18. The summed E-state index contributed by atoms with van der Waals surface area (Å²) >= 11 is 1.45. The zero-order chi connectivity index (χ0) is 18.0. The molecule has 0 spiro atoms. The number of nitrogens with zero attached hydrogens (tertiary/aromatic N) is 3. The second-order valence-electron chi connectivity index (χ2n) is 5.69. The van der Waals surface area contributed by atoms with Crippen LogP contribution in [0, 0.1) is 20.8 Å². The van der Waals surface area contributed by atoms with Crippen molar-refractivity contribution in [3.63, 3.8) is 0 Å². The fourth-order valence-electron chi connectivity index (χ4n) is 2.63. The minimum absolute atomic E-state index is 0.244. The van der Waals surface area contributed by atoms with E-state index in [1.165, 1.54) is 11.3 Å². The minimum Gasteiger partial charge on any atom is -0.343 e. The van der Waals surface area contributed by atoms with E-state index in [4.69, 9.17) is 0 Å². The Morgan fingerprint density at radius 1 is 1.16 bits per heavy atom. The first kappa shape index (κ1) is 17.0. The third-order valence-electron chi connectivity index (χ3n) is 3.79. The highest BCUT2D eigenvalue weighted by atomic mass is 32.1. The number of rotatable bonds is 5. The first-order chi connectivity index (χ1) is 12.0. The first-order valence-electron chi connectivity index (χ1n) is 7.82. The molecule has 0 bridgehead atoms. The van der Waals surface area contributed by atoms with Gasteiger partial charge in [-0.25, -0.2) is 9.67 Å². The maximum Gasteiger partial charge on any atom is 0.292 e. The van der Waals surface area contributed by atoms with Gasteiger partial charge in [0.25, 0.3) is 11.7 Å². The zero-order valence-electron chi connectivity index (χ0n) is 14.2. The molecule has 0 unspecified atom stereocenters. The predicted octanol–water partition coefficient (Wildman–Crippen LogP) is 2.75. The Kier molecular flexibility index (Phi) is 4.76. The number of nitrogens with one attached hydrogen (secondary N) is 1. The van der Waals surface area contributed by atoms with Crippen LogP contribution in [0.2, 0.25) is 0 Å². The Hall–Kier alpha value is -2.80. The molecule has 0 fully saturated rings. The molecule has 0 aliphatic rings. The summed E-state index contributed by atoms with van der Waals surface area (Å²) in [6.07, 6.45) is 0. The number of amides is 1. The number of benzene rings is 1. The van der Waals surface area contributed by atoms with Gasteiger partial charge in [-0.05, 0) is 32.9 Å². The minimum atomic E-state index is -0.647. The van der Waals surface area contributed by atoms with Gasteiger partial charge in [-0.1, -0.05) is 18.2 Å². The summed E-state index contributed by atoms with van der Waals surface area (Å²) in [7, 11) is 0. The van der Waals surface area contributed by atoms with Crippen molar-refractivity contribution in [3.8, 4) is 5.69 Å². The normalized spacial score (nSPS) is 10.7. The van der Waals surface area contributed by atoms with Crippen LogP contribution >= 0.6 is 11.3 Å². The second-order valence-corrected chi connectivity index (χ2v) is 6.63. The van der Waals surface area contributed by atoms with E-state index in [-0.39, 0.29) is 6.54 Å². The molecule has 1 aromatic carbocycles. The van der Waals surface area contributed by atoms with Crippen molar-refractivity contribution in [1.82, 2.24) is 20.1 Å². The van der Waals surface area contributed by atoms with Crippen molar-refractivity contribution in [2.75, 3.05) is 0 Å². The number of carbonyl (C=O) groups is 2. The predicted molar refractivity (Wildman–Crippen MR) is 96.1 cm³/mol. The molecule has 0 radical (unpaired) electrons. The van der Waals surface area contributed by atoms with E-state index in [1.54, 1.807) is 18.5 Å². The summed E-state index contributed by atoms with van der Waals surface area (Å²) in [5.41, 5.74) is 3.27. The average molecular weight is 354 g/mol. The number of para-hydroxylation sites is 1. The van der Waals surface area contributed by atoms with Crippen molar-refractivity contribution < 1.29 is 9.59 Å². The number of hydrogen-bond acceptors (Lipinski definition) is 5. The van der Waals surface area contributed by atoms with E-state index >= 15 is 0 Å². The lowest BCUT2D eigenvalue weighted by molar-refractivity contribution is -0.117. The van der Waals surface area contributed by atoms with Gasteiger partial charge in [0.05, 0.1) is 29.2 Å². The Labute approximate surface area is 149 Å². The highest BCUT2D eigenvalue weighted by Gasteiger charge is 2.25. The maximum absolute atomic E-state index is 12.6. The van der Waals surface area contributed by atoms with Crippen LogP contribution in [0.25, 0.3) is 5.69 Å². The fourth-order valence-corrected chi connectivity index (χ4v) is 3.34. The van der Waals surface area contributed by atoms with Crippen LogP contribution in [-0.4, -0.2) is 26.5 Å². The van der Waals surface area contributed by atoms with E-state index in [0.717, 1.165) is 16.4 Å². The van der Waals surface area contributed by atoms with Crippen molar-refractivity contribution in [2.45, 2.75) is 27.3 Å². The van der Waals surface area contributed by atoms with E-state index in [2.05, 4.69) is 15.4 Å². The smallest absolute Gasteiger partial charge is 0.292 e. The van der Waals surface area contributed by atoms with E-state index in [9.17, 15) is 9.59 Å². The maximum atomic E-state index is 12.6. The molecule has 2 heterocycles. The third kappa shape index (κ3) is 3.51. The number of aryl methyl sites for hydroxylation is 2. The van der Waals surface area contributed by atoms with Crippen molar-refractivity contribution in [1.29, 1.82) is 0 Å². The monoisotopic (exact) mass is 354 g/mol. The van der Waals surface area contributed by atoms with Crippen LogP contribution in [0.5, 0.6) is 0 Å². The summed E-state index contributed by atoms with van der Waals surface area (Å²) in [6, 6.07) is 9.51. The molecule has 128 valence electrons. The number of thiazole rings is 1. The topological polar surface area (TPSA) is 76.9 Å². The lowest BCUT2D eigenvalue weighted by Gasteiger charge is -2.05. The molecule has 0 aliphatic carbocycles. The van der Waals surface area contributed by atoms with Crippen LogP contribution in [-0.2, 0) is 11.3 Å². The molecule has 0 aliphatic heterocycles. The van der Waals surface area contributed by atoms with E-state index in [0.29, 0.717) is 17.0 Å². The van der Waals surface area contributed by atoms with E-state index in [1.807, 2.05) is 42.6 Å². The quantitative estimate of drug-likeness (QED) is 0.565. The lowest BCUT2D eigenvalue weighted by atomic mass is 10.1. The molecule has 6 nitrogen and oxygen atoms in total. The number of ketones is 1. The molecule has 1 amide bonds. The SMILES string of the molecule is Cc1csc(CNC(=O)C(=O)c2c(C)nn(-c3ccccc3)c2C)n1. The van der Waals surface area contributed by atoms with Crippen molar-refractivity contribution in [3.05, 3.63) is 63.4 Å². The first-order valence-corrected chi connectivity index (χ1v) is 8.70. The van der Waals surface area contributed by atoms with Crippen molar-refractivity contribution in [2.24, 2.45) is 0 Å². The number of Topliss-reactive ketones (excluding diaryl/α,β-unsaturated/α-hetero) is 1. The van der Waals surface area contributed by atoms with Crippen LogP contribution < -0.4 is 5.32 Å². The Morgan fingerprint density at radius 3 is 2.52 bits per heavy atom. The van der Waals surface area contributed by atoms with E-state index < -0.39 is 11.7 Å². The highest BCUT2D eigenvalue weighted by molar-refractivity contribution is 7.09. The van der Waals surface area contributed by atoms with Crippen LogP contribution in [0.4, 0.5) is 0 Å². The Bertz CT molecular complexity index is 928. The molecular formula is C18H18N4O2S. The van der Waals surface area contributed by atoms with Gasteiger partial charge in [0.1, 0.15) is 5.01 Å². The largest absolute Gasteiger partial charge is 0.343 e. The lowest BCUT2D eigenvalue weighted by Crippen LogP contribution is -2.31. The van der Waals surface area contributed by atoms with Gasteiger partial charge in [0.2, 0.25) is 0 Å². The molecule has 0 saturated heterocycles. The van der Waals surface area contributed by atoms with Gasteiger partial charge in [-0.15, -0.1) is 11.3 Å². The number of aromatic nitrogens is 3. The molecule has 3 rings (SSSR count). The molecule has 1 N–H and O–H groups in total. The fraction of sp³-hybridized carbons (Fsp3) is 0.222. The molecule has 0 saturated carbocycles. The van der Waals surface area contributed by atoms with Crippen LogP contribution in [0.3, 0.4) is 0 Å². The molecular weight excluding hydrogens is 336 g/mol. The van der Waals surface area contributed by atoms with Gasteiger partial charge in [0.15, 0.2) is 0 Å². The van der Waals surface area contributed by atoms with Gasteiger partial charge >= 0.3 is 0 Å². The van der Waals surface area contributed by atoms with Gasteiger partial charge in [-0.3, -0.25) is 9.59 Å². The summed E-state index contributed by atoms with van der Waals surface area (Å²) in [6.45, 7) is 5.65. The summed E-state index contributed by atoms with van der Waals surface area (Å²) in [4.78, 5) is 29.1. The molecule has 3 aromatic rings. The molecule has 2 aromatic heterocycles. The molecule has 7 heteroatoms. The number of carbonyl (C=O) groups excluding carboxylic acids is 2. The summed E-state index contributed by atoms with van der Waals surface area (Å²) in [5, 5.41) is 9.72. The molecule has 0 atom stereocenters. The zero-order valence-corrected chi connectivity index (χ0v) is 15.1. The van der Waals surface area contributed by atoms with Crippen LogP contribution in [0.1, 0.15) is 32.4 Å². The van der Waals surface area contributed by atoms with Crippen molar-refractivity contribution >= 4 is 23.0 Å². The molecule has 25 heavy (non-hydrogen) atoms. The Balaban J connectivity index is 1.80. The second kappa shape index (κ2) is 6.98. The Morgan fingerprint density at radius 2 is 1.88 bits per heavy atom. The van der Waals surface area contributed by atoms with Gasteiger partial charge in [-0.2, -0.15) is 5.10 Å². The average Bonchev–Trinajstić information content (AvgIpc) is 3.15. The summed E-state index contributed by atoms with van der Waals surface area (Å²) in [5.74, 6) is -1.22. The number of hydrogen-bond donors (Lipinski definition) is 1. The summed E-state index contributed by atoms with van der Waals surface area (Å²) < 4.78 is 1.68.